The Hall–Kier alpha value is -5.55. The molecular formula is C45H47NO9. The SMILES string of the molecule is CC(C)(C)OC(=O)CC[C@@H](CO)NC(=O)C1=C[C@H]2OC(c3ccccc3)(c3ccccc3)O[C@H]2[C@H](OC(=O)c2ccccc2C=CCc2ccccc2O)C1. The second-order valence-corrected chi connectivity index (χ2v) is 14.7. The van der Waals surface area contributed by atoms with Gasteiger partial charge in [0.05, 0.1) is 18.2 Å². The van der Waals surface area contributed by atoms with Gasteiger partial charge in [0, 0.05) is 29.5 Å². The number of phenols is 1. The lowest BCUT2D eigenvalue weighted by atomic mass is 9.91. The molecule has 0 bridgehead atoms. The molecule has 2 aliphatic rings. The number of benzene rings is 4. The Labute approximate surface area is 321 Å². The molecule has 1 aliphatic carbocycles. The Morgan fingerprint density at radius 1 is 0.891 bits per heavy atom. The number of fused-ring (bicyclic) bond motifs is 1. The van der Waals surface area contributed by atoms with Gasteiger partial charge in [0.25, 0.3) is 0 Å². The van der Waals surface area contributed by atoms with E-state index in [1.165, 1.54) is 0 Å². The molecule has 1 fully saturated rings. The number of esters is 2. The van der Waals surface area contributed by atoms with Crippen molar-refractivity contribution in [1.29, 1.82) is 0 Å². The minimum Gasteiger partial charge on any atom is -0.508 e. The summed E-state index contributed by atoms with van der Waals surface area (Å²) in [5, 5.41) is 23.2. The number of carbonyl (C=O) groups excluding carboxylic acids is 3. The lowest BCUT2D eigenvalue weighted by molar-refractivity contribution is -0.157. The van der Waals surface area contributed by atoms with Crippen LogP contribution in [-0.2, 0) is 40.7 Å². The molecule has 4 aromatic carbocycles. The van der Waals surface area contributed by atoms with Gasteiger partial charge in [0.15, 0.2) is 0 Å². The van der Waals surface area contributed by atoms with Gasteiger partial charge in [-0.3, -0.25) is 9.59 Å². The molecule has 10 heteroatoms. The van der Waals surface area contributed by atoms with Crippen LogP contribution >= 0.6 is 0 Å². The molecule has 0 saturated carbocycles. The molecule has 0 radical (unpaired) electrons. The molecule has 10 nitrogen and oxygen atoms in total. The van der Waals surface area contributed by atoms with Gasteiger partial charge in [-0.2, -0.15) is 0 Å². The first-order valence-electron chi connectivity index (χ1n) is 18.5. The van der Waals surface area contributed by atoms with Gasteiger partial charge < -0.3 is 34.5 Å². The number of para-hydroxylation sites is 1. The fraction of sp³-hybridized carbons (Fsp3) is 0.311. The van der Waals surface area contributed by atoms with E-state index in [0.29, 0.717) is 17.5 Å². The molecule has 0 unspecified atom stereocenters. The van der Waals surface area contributed by atoms with Gasteiger partial charge in [0.2, 0.25) is 11.7 Å². The number of allylic oxidation sites excluding steroid dienone is 1. The summed E-state index contributed by atoms with van der Waals surface area (Å²) in [5.41, 5.74) is 2.75. The molecule has 286 valence electrons. The summed E-state index contributed by atoms with van der Waals surface area (Å²) in [6, 6.07) is 32.3. The number of amides is 1. The minimum absolute atomic E-state index is 0.000744. The molecule has 1 heterocycles. The lowest BCUT2D eigenvalue weighted by Gasteiger charge is -2.31. The number of rotatable bonds is 13. The van der Waals surface area contributed by atoms with Crippen molar-refractivity contribution in [3.63, 3.8) is 0 Å². The molecule has 1 saturated heterocycles. The quantitative estimate of drug-likeness (QED) is 0.126. The number of nitrogens with one attached hydrogen (secondary N) is 1. The predicted molar refractivity (Wildman–Crippen MR) is 207 cm³/mol. The first-order valence-corrected chi connectivity index (χ1v) is 18.5. The van der Waals surface area contributed by atoms with Crippen LogP contribution in [0.1, 0.15) is 72.6 Å². The molecule has 6 rings (SSSR count). The van der Waals surface area contributed by atoms with Crippen LogP contribution in [0.25, 0.3) is 6.08 Å². The van der Waals surface area contributed by atoms with Gasteiger partial charge in [-0.25, -0.2) is 4.79 Å². The van der Waals surface area contributed by atoms with Gasteiger partial charge in [-0.15, -0.1) is 0 Å². The standard InChI is InChI=1S/C45H47NO9/c1-44(2,3)54-40(49)26-25-35(29-47)46-42(50)32-27-38(52-43(51)36-23-12-10-15-30(36)17-14-18-31-16-11-13-24-37(31)48)41-39(28-32)53-45(55-41,33-19-6-4-7-20-33)34-21-8-5-9-22-34/h4-17,19-24,28,35,38-39,41,47-48H,18,25-27,29H2,1-3H3,(H,46,50)/t35-,38+,39+,41-/m0/s1. The van der Waals surface area contributed by atoms with Gasteiger partial charge in [-0.05, 0) is 62.9 Å². The van der Waals surface area contributed by atoms with Crippen molar-refractivity contribution in [2.75, 3.05) is 6.61 Å². The third-order valence-electron chi connectivity index (χ3n) is 9.42. The molecule has 0 spiro atoms. The Morgan fingerprint density at radius 2 is 1.53 bits per heavy atom. The monoisotopic (exact) mass is 745 g/mol. The number of aromatic hydroxyl groups is 1. The average Bonchev–Trinajstić information content (AvgIpc) is 3.59. The molecule has 3 N–H and O–H groups in total. The van der Waals surface area contributed by atoms with E-state index >= 15 is 0 Å². The Kier molecular flexibility index (Phi) is 12.3. The van der Waals surface area contributed by atoms with Crippen LogP contribution < -0.4 is 5.32 Å². The van der Waals surface area contributed by atoms with Crippen LogP contribution in [0.5, 0.6) is 5.75 Å². The van der Waals surface area contributed by atoms with Crippen molar-refractivity contribution in [1.82, 2.24) is 5.32 Å². The van der Waals surface area contributed by atoms with Crippen molar-refractivity contribution in [3.8, 4) is 5.75 Å². The highest BCUT2D eigenvalue weighted by atomic mass is 16.8. The maximum absolute atomic E-state index is 14.1. The summed E-state index contributed by atoms with van der Waals surface area (Å²) in [5.74, 6) is -2.73. The first kappa shape index (κ1) is 39.2. The smallest absolute Gasteiger partial charge is 0.339 e. The summed E-state index contributed by atoms with van der Waals surface area (Å²) in [6.07, 6.45) is 3.41. The Bertz CT molecular complexity index is 1980. The highest BCUT2D eigenvalue weighted by molar-refractivity contribution is 5.95. The summed E-state index contributed by atoms with van der Waals surface area (Å²) in [6.45, 7) is 4.92. The van der Waals surface area contributed by atoms with Gasteiger partial charge in [0.1, 0.15) is 29.7 Å². The number of phenolic OH excluding ortho intramolecular Hbond substituents is 1. The maximum atomic E-state index is 14.1. The molecule has 55 heavy (non-hydrogen) atoms. The number of hydrogen-bond acceptors (Lipinski definition) is 9. The second kappa shape index (κ2) is 17.3. The summed E-state index contributed by atoms with van der Waals surface area (Å²) < 4.78 is 25.3. The zero-order valence-electron chi connectivity index (χ0n) is 31.2. The minimum atomic E-state index is -1.38. The van der Waals surface area contributed by atoms with Crippen molar-refractivity contribution in [2.24, 2.45) is 0 Å². The van der Waals surface area contributed by atoms with Crippen LogP contribution in [-0.4, -0.2) is 64.6 Å². The zero-order valence-corrected chi connectivity index (χ0v) is 31.2. The van der Waals surface area contributed by atoms with Crippen LogP contribution in [0.4, 0.5) is 0 Å². The Balaban J connectivity index is 1.28. The van der Waals surface area contributed by atoms with Crippen molar-refractivity contribution < 1.29 is 43.5 Å². The lowest BCUT2D eigenvalue weighted by Crippen LogP contribution is -2.45. The van der Waals surface area contributed by atoms with Gasteiger partial charge >= 0.3 is 11.9 Å². The van der Waals surface area contributed by atoms with E-state index in [9.17, 15) is 24.6 Å². The van der Waals surface area contributed by atoms with E-state index in [1.54, 1.807) is 57.2 Å². The highest BCUT2D eigenvalue weighted by Crippen LogP contribution is 2.47. The predicted octanol–water partition coefficient (Wildman–Crippen LogP) is 6.79. The van der Waals surface area contributed by atoms with E-state index in [-0.39, 0.29) is 30.6 Å². The summed E-state index contributed by atoms with van der Waals surface area (Å²) in [4.78, 5) is 40.3. The van der Waals surface area contributed by atoms with E-state index in [4.69, 9.17) is 18.9 Å². The zero-order chi connectivity index (χ0) is 39.0. The highest BCUT2D eigenvalue weighted by Gasteiger charge is 2.55. The number of aliphatic hydroxyl groups excluding tert-OH is 1. The van der Waals surface area contributed by atoms with Crippen LogP contribution in [0, 0.1) is 0 Å². The number of hydrogen-bond donors (Lipinski definition) is 3. The number of ether oxygens (including phenoxy) is 4. The number of carbonyl (C=O) groups is 3. The first-order chi connectivity index (χ1) is 26.5. The fourth-order valence-corrected chi connectivity index (χ4v) is 6.79. The topological polar surface area (TPSA) is 141 Å². The third kappa shape index (κ3) is 9.58. The Morgan fingerprint density at radius 3 is 2.18 bits per heavy atom. The molecule has 0 aromatic heterocycles. The fourth-order valence-electron chi connectivity index (χ4n) is 6.79. The normalized spacial score (nSPS) is 19.6. The third-order valence-corrected chi connectivity index (χ3v) is 9.42. The van der Waals surface area contributed by atoms with Crippen molar-refractivity contribution in [3.05, 3.63) is 155 Å². The molecular weight excluding hydrogens is 698 g/mol. The molecule has 4 atom stereocenters. The molecule has 1 amide bonds. The number of aliphatic hydroxyl groups is 1. The van der Waals surface area contributed by atoms with E-state index in [0.717, 1.165) is 16.7 Å². The van der Waals surface area contributed by atoms with Gasteiger partial charge in [-0.1, -0.05) is 109 Å². The van der Waals surface area contributed by atoms with E-state index in [2.05, 4.69) is 5.32 Å². The summed E-state index contributed by atoms with van der Waals surface area (Å²) in [7, 11) is 0. The van der Waals surface area contributed by atoms with E-state index in [1.807, 2.05) is 91.0 Å². The van der Waals surface area contributed by atoms with Crippen molar-refractivity contribution >= 4 is 23.9 Å². The van der Waals surface area contributed by atoms with Crippen molar-refractivity contribution in [2.45, 2.75) is 82.2 Å². The molecule has 1 aliphatic heterocycles. The second-order valence-electron chi connectivity index (χ2n) is 14.7. The largest absolute Gasteiger partial charge is 0.508 e. The van der Waals surface area contributed by atoms with E-state index < -0.39 is 60.2 Å². The molecule has 4 aromatic rings. The van der Waals surface area contributed by atoms with Crippen LogP contribution in [0.2, 0.25) is 0 Å². The van der Waals surface area contributed by atoms with Crippen LogP contribution in [0.3, 0.4) is 0 Å². The van der Waals surface area contributed by atoms with Crippen LogP contribution in [0.15, 0.2) is 127 Å². The maximum Gasteiger partial charge on any atom is 0.339 e. The average molecular weight is 746 g/mol. The summed E-state index contributed by atoms with van der Waals surface area (Å²) >= 11 is 0.